The number of aromatic nitrogens is 1. The van der Waals surface area contributed by atoms with Crippen LogP contribution in [0.3, 0.4) is 0 Å². The number of rotatable bonds is 9. The Morgan fingerprint density at radius 1 is 1.46 bits per heavy atom. The summed E-state index contributed by atoms with van der Waals surface area (Å²) in [6.45, 7) is 8.81. The molecule has 1 aliphatic carbocycles. The van der Waals surface area contributed by atoms with Crippen LogP contribution in [-0.4, -0.2) is 22.2 Å². The van der Waals surface area contributed by atoms with E-state index in [0.29, 0.717) is 23.6 Å². The van der Waals surface area contributed by atoms with Gasteiger partial charge in [-0.25, -0.2) is 4.98 Å². The van der Waals surface area contributed by atoms with E-state index in [1.54, 1.807) is 18.0 Å². The van der Waals surface area contributed by atoms with Crippen molar-refractivity contribution < 1.29 is 9.15 Å². The van der Waals surface area contributed by atoms with Gasteiger partial charge < -0.3 is 20.3 Å². The first-order chi connectivity index (χ1) is 17.0. The molecule has 1 aliphatic rings. The van der Waals surface area contributed by atoms with Crippen LogP contribution >= 0.6 is 11.8 Å². The van der Waals surface area contributed by atoms with Crippen molar-refractivity contribution in [2.75, 3.05) is 0 Å². The van der Waals surface area contributed by atoms with Gasteiger partial charge in [0.2, 0.25) is 0 Å². The second kappa shape index (κ2) is 13.2. The van der Waals surface area contributed by atoms with E-state index >= 15 is 0 Å². The fraction of sp³-hybridized carbons (Fsp3) is 0.444. The zero-order valence-electron chi connectivity index (χ0n) is 21.0. The van der Waals surface area contributed by atoms with Crippen molar-refractivity contribution in [2.24, 2.45) is 10.9 Å². The van der Waals surface area contributed by atoms with E-state index in [4.69, 9.17) is 15.0 Å². The monoisotopic (exact) mass is 493 g/mol. The number of nitriles is 1. The summed E-state index contributed by atoms with van der Waals surface area (Å²) < 4.78 is 11.1. The maximum atomic E-state index is 9.54. The van der Waals surface area contributed by atoms with Crippen LogP contribution < -0.4 is 15.9 Å². The minimum Gasteiger partial charge on any atom is -0.490 e. The van der Waals surface area contributed by atoms with Gasteiger partial charge in [-0.2, -0.15) is 10.4 Å². The molecule has 1 aromatic carbocycles. The van der Waals surface area contributed by atoms with Crippen LogP contribution in [-0.2, 0) is 12.3 Å². The second-order valence-electron chi connectivity index (χ2n) is 8.80. The van der Waals surface area contributed by atoms with E-state index in [9.17, 15) is 5.26 Å². The maximum absolute atomic E-state index is 9.54. The Labute approximate surface area is 212 Å². The van der Waals surface area contributed by atoms with Crippen molar-refractivity contribution in [2.45, 2.75) is 77.8 Å². The van der Waals surface area contributed by atoms with Crippen molar-refractivity contribution in [3.05, 3.63) is 70.5 Å². The van der Waals surface area contributed by atoms with Crippen molar-refractivity contribution in [3.8, 4) is 11.8 Å². The Morgan fingerprint density at radius 3 is 2.94 bits per heavy atom. The molecular weight excluding hydrogens is 458 g/mol. The summed E-state index contributed by atoms with van der Waals surface area (Å²) in [5, 5.41) is 18.1. The summed E-state index contributed by atoms with van der Waals surface area (Å²) in [6.07, 6.45) is 9.64. The molecule has 0 amide bonds. The topological polar surface area (TPSA) is 109 Å². The SMILES string of the molecule is CCC=C1/C(=C(C)/C(=N/N)SCc2ccc(OC(C)C)c(C#N)c2)CCCC1NCc1cnco1. The predicted molar refractivity (Wildman–Crippen MR) is 142 cm³/mol. The van der Waals surface area contributed by atoms with Crippen LogP contribution in [0.4, 0.5) is 0 Å². The quantitative estimate of drug-likeness (QED) is 0.196. The minimum absolute atomic E-state index is 0.0162. The van der Waals surface area contributed by atoms with Gasteiger partial charge in [0.15, 0.2) is 6.39 Å². The van der Waals surface area contributed by atoms with Crippen LogP contribution in [0.15, 0.2) is 63.1 Å². The second-order valence-corrected chi connectivity index (χ2v) is 9.76. The number of ether oxygens (including phenoxy) is 1. The molecule has 3 rings (SSSR count). The van der Waals surface area contributed by atoms with Gasteiger partial charge in [0.05, 0.1) is 24.4 Å². The molecule has 1 heterocycles. The number of hydrogen-bond acceptors (Lipinski definition) is 8. The molecule has 8 heteroatoms. The fourth-order valence-electron chi connectivity index (χ4n) is 4.28. The molecule has 2 aromatic rings. The summed E-state index contributed by atoms with van der Waals surface area (Å²) in [7, 11) is 0. The molecule has 7 nitrogen and oxygen atoms in total. The van der Waals surface area contributed by atoms with Gasteiger partial charge in [-0.15, -0.1) is 0 Å². The number of allylic oxidation sites excluding steroid dienone is 1. The molecule has 0 radical (unpaired) electrons. The van der Waals surface area contributed by atoms with E-state index < -0.39 is 0 Å². The average molecular weight is 494 g/mol. The molecule has 0 spiro atoms. The largest absolute Gasteiger partial charge is 0.490 e. The molecule has 1 unspecified atom stereocenters. The zero-order valence-corrected chi connectivity index (χ0v) is 21.8. The van der Waals surface area contributed by atoms with Gasteiger partial charge in [-0.3, -0.25) is 0 Å². The molecule has 1 atom stereocenters. The summed E-state index contributed by atoms with van der Waals surface area (Å²) >= 11 is 1.59. The van der Waals surface area contributed by atoms with E-state index in [-0.39, 0.29) is 12.1 Å². The van der Waals surface area contributed by atoms with Gasteiger partial charge >= 0.3 is 0 Å². The number of nitrogens with zero attached hydrogens (tertiary/aromatic N) is 3. The Hall–Kier alpha value is -3.02. The summed E-state index contributed by atoms with van der Waals surface area (Å²) in [5.74, 6) is 7.97. The van der Waals surface area contributed by atoms with E-state index in [1.165, 1.54) is 17.5 Å². The van der Waals surface area contributed by atoms with E-state index in [0.717, 1.165) is 47.6 Å². The van der Waals surface area contributed by atoms with Crippen LogP contribution in [0.25, 0.3) is 0 Å². The van der Waals surface area contributed by atoms with Crippen LogP contribution in [0.2, 0.25) is 0 Å². The van der Waals surface area contributed by atoms with Crippen LogP contribution in [0.1, 0.15) is 70.3 Å². The maximum Gasteiger partial charge on any atom is 0.180 e. The van der Waals surface area contributed by atoms with Gasteiger partial charge in [-0.05, 0) is 80.9 Å². The highest BCUT2D eigenvalue weighted by Crippen LogP contribution is 2.34. The highest BCUT2D eigenvalue weighted by Gasteiger charge is 2.25. The van der Waals surface area contributed by atoms with Gasteiger partial charge in [0, 0.05) is 11.8 Å². The number of oxazole rings is 1. The van der Waals surface area contributed by atoms with Crippen LogP contribution in [0.5, 0.6) is 5.75 Å². The molecule has 3 N–H and O–H groups in total. The Bertz CT molecular complexity index is 1110. The molecule has 1 fully saturated rings. The zero-order chi connectivity index (χ0) is 25.2. The van der Waals surface area contributed by atoms with Crippen molar-refractivity contribution in [1.82, 2.24) is 10.3 Å². The predicted octanol–water partition coefficient (Wildman–Crippen LogP) is 5.83. The lowest BCUT2D eigenvalue weighted by atomic mass is 9.82. The molecular formula is C27H35N5O2S. The van der Waals surface area contributed by atoms with Gasteiger partial charge in [-0.1, -0.05) is 30.8 Å². The van der Waals surface area contributed by atoms with Crippen molar-refractivity contribution in [3.63, 3.8) is 0 Å². The first-order valence-corrected chi connectivity index (χ1v) is 13.1. The normalized spacial score (nSPS) is 19.1. The lowest BCUT2D eigenvalue weighted by molar-refractivity contribution is 0.241. The molecule has 1 aromatic heterocycles. The van der Waals surface area contributed by atoms with Crippen LogP contribution in [0, 0.1) is 11.3 Å². The lowest BCUT2D eigenvalue weighted by Gasteiger charge is -2.30. The average Bonchev–Trinajstić information content (AvgIpc) is 3.38. The number of nitrogens with one attached hydrogen (secondary N) is 1. The van der Waals surface area contributed by atoms with Gasteiger partial charge in [0.1, 0.15) is 22.6 Å². The standard InChI is InChI=1S/C27H35N5O2S/c1-5-7-24-23(8-6-9-25(24)31-15-22-14-30-17-33-22)19(4)27(32-29)35-16-20-10-11-26(34-18(2)3)21(12-20)13-28/h7,10-12,14,17-18,25,31H,5-6,8-9,15-16,29H2,1-4H3/b23-19+,24-7?,32-27-. The van der Waals surface area contributed by atoms with Crippen molar-refractivity contribution >= 4 is 16.8 Å². The van der Waals surface area contributed by atoms with Crippen molar-refractivity contribution in [1.29, 1.82) is 5.26 Å². The lowest BCUT2D eigenvalue weighted by Crippen LogP contribution is -2.34. The molecule has 0 bridgehead atoms. The highest BCUT2D eigenvalue weighted by atomic mass is 32.2. The molecule has 0 saturated heterocycles. The number of nitrogens with two attached hydrogens (primary N) is 1. The fourth-order valence-corrected chi connectivity index (χ4v) is 5.18. The van der Waals surface area contributed by atoms with E-state index in [1.807, 2.05) is 32.0 Å². The molecule has 186 valence electrons. The molecule has 35 heavy (non-hydrogen) atoms. The minimum atomic E-state index is 0.0162. The number of thioether (sulfide) groups is 1. The Balaban J connectivity index is 1.76. The van der Waals surface area contributed by atoms with Gasteiger partial charge in [0.25, 0.3) is 0 Å². The number of benzene rings is 1. The third kappa shape index (κ3) is 7.23. The third-order valence-corrected chi connectivity index (χ3v) is 7.03. The molecule has 1 saturated carbocycles. The summed E-state index contributed by atoms with van der Waals surface area (Å²) in [6, 6.07) is 8.23. The Kier molecular flexibility index (Phi) is 10.0. The Morgan fingerprint density at radius 2 is 2.29 bits per heavy atom. The number of hydrogen-bond donors (Lipinski definition) is 2. The van der Waals surface area contributed by atoms with E-state index in [2.05, 4.69) is 41.4 Å². The summed E-state index contributed by atoms with van der Waals surface area (Å²) in [4.78, 5) is 4.00. The first-order valence-electron chi connectivity index (χ1n) is 12.1. The molecule has 0 aliphatic heterocycles. The smallest absolute Gasteiger partial charge is 0.180 e. The number of hydrazone groups is 1. The third-order valence-electron chi connectivity index (χ3n) is 5.87. The highest BCUT2D eigenvalue weighted by molar-refractivity contribution is 8.13. The first kappa shape index (κ1) is 26.6. The summed E-state index contributed by atoms with van der Waals surface area (Å²) in [5.41, 5.74) is 5.31.